The van der Waals surface area contributed by atoms with Gasteiger partial charge in [-0.15, -0.1) is 0 Å². The molecule has 5 rings (SSSR count). The third-order valence-corrected chi connectivity index (χ3v) is 9.35. The van der Waals surface area contributed by atoms with Crippen molar-refractivity contribution in [3.8, 4) is 23.0 Å². The van der Waals surface area contributed by atoms with Crippen molar-refractivity contribution in [3.05, 3.63) is 101 Å². The monoisotopic (exact) mass is 872 g/mol. The maximum absolute atomic E-state index is 13.3. The summed E-state index contributed by atoms with van der Waals surface area (Å²) in [5, 5.41) is 6.55. The Morgan fingerprint density at radius 3 is 2.03 bits per heavy atom. The second-order valence-electron chi connectivity index (χ2n) is 16.5. The molecule has 0 bridgehead atoms. The van der Waals surface area contributed by atoms with E-state index in [2.05, 4.69) is 15.5 Å². The third kappa shape index (κ3) is 15.4. The molecule has 1 heterocycles. The summed E-state index contributed by atoms with van der Waals surface area (Å²) in [5.74, 6) is 0.660. The van der Waals surface area contributed by atoms with Crippen LogP contribution in [-0.4, -0.2) is 86.0 Å². The number of carbonyl (C=O) groups is 4. The van der Waals surface area contributed by atoms with E-state index < -0.39 is 23.1 Å². The number of esters is 2. The fourth-order valence-corrected chi connectivity index (χ4v) is 6.36. The fraction of sp³-hybridized carbons (Fsp3) is 0.404. The molecule has 0 unspecified atom stereocenters. The predicted octanol–water partition coefficient (Wildman–Crippen LogP) is 9.04. The minimum Gasteiger partial charge on any atom is -0.488 e. The average molecular weight is 873 g/mol. The second-order valence-corrected chi connectivity index (χ2v) is 17.0. The highest BCUT2D eigenvalue weighted by atomic mass is 35.5. The van der Waals surface area contributed by atoms with Crippen LogP contribution in [0.1, 0.15) is 66.0 Å². The van der Waals surface area contributed by atoms with E-state index in [9.17, 15) is 19.2 Å². The second kappa shape index (κ2) is 21.6. The molecule has 0 radical (unpaired) electrons. The van der Waals surface area contributed by atoms with Gasteiger partial charge in [-0.3, -0.25) is 14.4 Å². The lowest BCUT2D eigenvalue weighted by Gasteiger charge is -2.36. The topological polar surface area (TPSA) is 154 Å². The highest BCUT2D eigenvalue weighted by Crippen LogP contribution is 2.32. The van der Waals surface area contributed by atoms with Crippen LogP contribution >= 0.6 is 11.6 Å². The van der Waals surface area contributed by atoms with Crippen molar-refractivity contribution >= 4 is 52.6 Å². The Labute approximate surface area is 368 Å². The fourth-order valence-electron chi connectivity index (χ4n) is 6.23. The number of rotatable bonds is 17. The number of anilines is 3. The van der Waals surface area contributed by atoms with Gasteiger partial charge in [-0.05, 0) is 121 Å². The van der Waals surface area contributed by atoms with Crippen LogP contribution in [0.2, 0.25) is 5.02 Å². The maximum atomic E-state index is 13.3. The molecule has 4 aromatic rings. The van der Waals surface area contributed by atoms with Gasteiger partial charge in [-0.1, -0.05) is 29.8 Å². The lowest BCUT2D eigenvalue weighted by molar-refractivity contribution is -0.152. The molecule has 0 aliphatic carbocycles. The number of aryl methyl sites for hydroxylation is 1. The van der Waals surface area contributed by atoms with E-state index in [0.29, 0.717) is 78.6 Å². The van der Waals surface area contributed by atoms with Crippen molar-refractivity contribution in [2.75, 3.05) is 61.5 Å². The van der Waals surface area contributed by atoms with Crippen LogP contribution in [0.3, 0.4) is 0 Å². The van der Waals surface area contributed by atoms with Gasteiger partial charge in [-0.2, -0.15) is 0 Å². The van der Waals surface area contributed by atoms with E-state index in [0.717, 1.165) is 16.8 Å². The number of ether oxygens (including phenoxy) is 6. The Bertz CT molecular complexity index is 2140. The molecule has 1 aliphatic heterocycles. The summed E-state index contributed by atoms with van der Waals surface area (Å²) in [6, 6.07) is 25.2. The van der Waals surface area contributed by atoms with Crippen molar-refractivity contribution in [1.29, 1.82) is 0 Å². The van der Waals surface area contributed by atoms with Crippen LogP contribution in [0.15, 0.2) is 84.9 Å². The molecule has 2 amide bonds. The van der Waals surface area contributed by atoms with E-state index in [1.807, 2.05) is 57.2 Å². The van der Waals surface area contributed by atoms with Gasteiger partial charge in [0.2, 0.25) is 0 Å². The lowest BCUT2D eigenvalue weighted by Crippen LogP contribution is -2.50. The minimum absolute atomic E-state index is 0.169. The summed E-state index contributed by atoms with van der Waals surface area (Å²) in [7, 11) is 0. The Kier molecular flexibility index (Phi) is 16.3. The van der Waals surface area contributed by atoms with Gasteiger partial charge in [-0.25, -0.2) is 4.79 Å². The highest BCUT2D eigenvalue weighted by molar-refractivity contribution is 6.30. The molecule has 62 heavy (non-hydrogen) atoms. The van der Waals surface area contributed by atoms with Crippen LogP contribution in [0.4, 0.5) is 21.9 Å². The molecular formula is C47H57ClN4O10. The van der Waals surface area contributed by atoms with Gasteiger partial charge in [0.1, 0.15) is 47.4 Å². The number of hydrogen-bond donors (Lipinski definition) is 2. The zero-order valence-corrected chi connectivity index (χ0v) is 37.3. The number of amides is 2. The molecule has 0 spiro atoms. The Balaban J connectivity index is 1.24. The van der Waals surface area contributed by atoms with Gasteiger partial charge < -0.3 is 48.9 Å². The number of nitrogens with one attached hydrogen (secondary N) is 2. The number of nitrogens with zero attached hydrogens (tertiary/aromatic N) is 2. The molecule has 1 fully saturated rings. The van der Waals surface area contributed by atoms with Crippen LogP contribution in [0, 0.1) is 0 Å². The molecule has 332 valence electrons. The molecule has 2 N–H and O–H groups in total. The number of benzene rings is 4. The van der Waals surface area contributed by atoms with Crippen molar-refractivity contribution in [2.24, 2.45) is 0 Å². The van der Waals surface area contributed by atoms with Crippen LogP contribution in [0.25, 0.3) is 0 Å². The summed E-state index contributed by atoms with van der Waals surface area (Å²) in [5.41, 5.74) is 2.24. The Hall–Kier alpha value is -6.15. The molecule has 15 heteroatoms. The predicted molar refractivity (Wildman–Crippen MR) is 239 cm³/mol. The van der Waals surface area contributed by atoms with E-state index in [1.165, 1.54) is 0 Å². The summed E-state index contributed by atoms with van der Waals surface area (Å²) in [4.78, 5) is 54.5. The van der Waals surface area contributed by atoms with Gasteiger partial charge in [0, 0.05) is 55.4 Å². The first-order valence-electron chi connectivity index (χ1n) is 20.6. The van der Waals surface area contributed by atoms with Crippen LogP contribution in [-0.2, 0) is 41.6 Å². The molecule has 0 aromatic heterocycles. The first-order valence-corrected chi connectivity index (χ1v) is 21.0. The Morgan fingerprint density at radius 1 is 0.710 bits per heavy atom. The lowest BCUT2D eigenvalue weighted by atomic mass is 10.1. The Morgan fingerprint density at radius 2 is 1.37 bits per heavy atom. The van der Waals surface area contributed by atoms with E-state index in [4.69, 9.17) is 40.0 Å². The van der Waals surface area contributed by atoms with E-state index in [-0.39, 0.29) is 38.2 Å². The number of carbonyl (C=O) groups excluding carboxylic acids is 4. The largest absolute Gasteiger partial charge is 0.488 e. The van der Waals surface area contributed by atoms with E-state index >= 15 is 0 Å². The molecule has 14 nitrogen and oxygen atoms in total. The minimum atomic E-state index is -0.685. The molecule has 0 atom stereocenters. The van der Waals surface area contributed by atoms with Crippen LogP contribution < -0.4 is 29.7 Å². The van der Waals surface area contributed by atoms with Crippen molar-refractivity contribution in [2.45, 2.75) is 79.1 Å². The van der Waals surface area contributed by atoms with Gasteiger partial charge >= 0.3 is 18.0 Å². The zero-order chi connectivity index (χ0) is 44.9. The first-order chi connectivity index (χ1) is 29.4. The maximum Gasteiger partial charge on any atom is 0.410 e. The molecular weight excluding hydrogens is 816 g/mol. The molecule has 4 aromatic carbocycles. The average Bonchev–Trinajstić information content (AvgIpc) is 3.21. The summed E-state index contributed by atoms with van der Waals surface area (Å²) >= 11 is 6.05. The smallest absolute Gasteiger partial charge is 0.410 e. The van der Waals surface area contributed by atoms with Crippen molar-refractivity contribution in [1.82, 2.24) is 4.90 Å². The standard InChI is InChI=1S/C47H57ClN4O10/c1-8-57-43(54)22-12-33-11-17-37(28-41(33)59-30-32-9-13-34(48)14-10-32)58-31-42(53)50-39-21-20-38(27-40(39)49-29-44(55)61-46(2,3)4)60-36-18-15-35(16-19-36)51-23-25-52(26-24-51)45(56)62-47(5,6)7/h9-11,13-21,27-28,49H,8,12,22-26,29-31H2,1-7H3,(H,50,53). The quantitative estimate of drug-likeness (QED) is 0.0769. The SMILES string of the molecule is CCOC(=O)CCc1ccc(OCC(=O)Nc2ccc(Oc3ccc(N4CCN(C(=O)OC(C)(C)C)CC4)cc3)cc2NCC(=O)OC(C)(C)C)cc1OCc1ccc(Cl)cc1. The van der Waals surface area contributed by atoms with E-state index in [1.54, 1.807) is 81.1 Å². The number of piperazine rings is 1. The van der Waals surface area contributed by atoms with Crippen LogP contribution in [0.5, 0.6) is 23.0 Å². The highest BCUT2D eigenvalue weighted by Gasteiger charge is 2.26. The number of hydrogen-bond acceptors (Lipinski definition) is 12. The summed E-state index contributed by atoms with van der Waals surface area (Å²) in [6.07, 6.45) is 0.250. The van der Waals surface area contributed by atoms with Gasteiger partial charge in [0.05, 0.1) is 18.0 Å². The van der Waals surface area contributed by atoms with Gasteiger partial charge in [0.15, 0.2) is 6.61 Å². The number of halogens is 1. The summed E-state index contributed by atoms with van der Waals surface area (Å²) in [6.45, 7) is 15.1. The molecule has 0 saturated carbocycles. The summed E-state index contributed by atoms with van der Waals surface area (Å²) < 4.78 is 34.4. The van der Waals surface area contributed by atoms with Gasteiger partial charge in [0.25, 0.3) is 5.91 Å². The van der Waals surface area contributed by atoms with Crippen molar-refractivity contribution < 1.29 is 47.6 Å². The first kappa shape index (κ1) is 46.9. The zero-order valence-electron chi connectivity index (χ0n) is 36.5. The molecule has 1 saturated heterocycles. The third-order valence-electron chi connectivity index (χ3n) is 9.10. The molecule has 1 aliphatic rings. The normalized spacial score (nSPS) is 12.8. The van der Waals surface area contributed by atoms with Crippen molar-refractivity contribution in [3.63, 3.8) is 0 Å².